The zero-order valence-electron chi connectivity index (χ0n) is 13.3. The quantitative estimate of drug-likeness (QED) is 0.807. The van der Waals surface area contributed by atoms with Gasteiger partial charge in [0.15, 0.2) is 0 Å². The number of likely N-dealkylation sites (tertiary alicyclic amines) is 1. The van der Waals surface area contributed by atoms with E-state index >= 15 is 0 Å². The highest BCUT2D eigenvalue weighted by molar-refractivity contribution is 5.84. The van der Waals surface area contributed by atoms with E-state index in [-0.39, 0.29) is 23.7 Å². The molecule has 1 saturated heterocycles. The molecule has 0 aromatic carbocycles. The van der Waals surface area contributed by atoms with Crippen LogP contribution in [0.4, 0.5) is 4.79 Å². The number of ketones is 1. The zero-order chi connectivity index (χ0) is 15.6. The summed E-state index contributed by atoms with van der Waals surface area (Å²) < 4.78 is 5.39. The largest absolute Gasteiger partial charge is 0.444 e. The first-order valence-electron chi connectivity index (χ1n) is 7.96. The van der Waals surface area contributed by atoms with Crippen LogP contribution in [-0.4, -0.2) is 46.7 Å². The number of ether oxygens (including phenoxy) is 1. The van der Waals surface area contributed by atoms with Crippen LogP contribution in [0.2, 0.25) is 0 Å². The lowest BCUT2D eigenvalue weighted by molar-refractivity contribution is -0.131. The van der Waals surface area contributed by atoms with Gasteiger partial charge in [-0.15, -0.1) is 0 Å². The van der Waals surface area contributed by atoms with Crippen molar-refractivity contribution in [1.29, 1.82) is 0 Å². The topological polar surface area (TPSA) is 66.8 Å². The van der Waals surface area contributed by atoms with Crippen molar-refractivity contribution in [3.8, 4) is 0 Å². The molecule has 1 N–H and O–H groups in total. The third-order valence-corrected chi connectivity index (χ3v) is 4.41. The van der Waals surface area contributed by atoms with Gasteiger partial charge in [-0.05, 0) is 39.5 Å². The van der Waals surface area contributed by atoms with Gasteiger partial charge in [0.05, 0.1) is 6.10 Å². The van der Waals surface area contributed by atoms with Crippen molar-refractivity contribution in [1.82, 2.24) is 4.90 Å². The lowest BCUT2D eigenvalue weighted by Gasteiger charge is -2.39. The standard InChI is InChI=1S/C16H27NO4/c1-16(2,3)21-15(20)17-9-8-14(19)12(10-17)11-6-4-5-7-13(11)18/h11-13,18H,4-10H2,1-3H3. The smallest absolute Gasteiger partial charge is 0.410 e. The molecule has 21 heavy (non-hydrogen) atoms. The number of nitrogens with zero attached hydrogens (tertiary/aromatic N) is 1. The number of rotatable bonds is 1. The number of aliphatic hydroxyl groups excluding tert-OH is 1. The van der Waals surface area contributed by atoms with Crippen LogP contribution in [0, 0.1) is 11.8 Å². The number of hydrogen-bond acceptors (Lipinski definition) is 4. The van der Waals surface area contributed by atoms with Crippen LogP contribution in [0.5, 0.6) is 0 Å². The van der Waals surface area contributed by atoms with Gasteiger partial charge >= 0.3 is 6.09 Å². The number of piperidine rings is 1. The molecule has 0 radical (unpaired) electrons. The number of carbonyl (C=O) groups is 2. The minimum absolute atomic E-state index is 0.00325. The summed E-state index contributed by atoms with van der Waals surface area (Å²) in [6, 6.07) is 0. The van der Waals surface area contributed by atoms with Crippen LogP contribution >= 0.6 is 0 Å². The molecule has 0 aromatic rings. The SMILES string of the molecule is CC(C)(C)OC(=O)N1CCC(=O)C(C2CCCCC2O)C1. The van der Waals surface area contributed by atoms with Crippen molar-refractivity contribution < 1.29 is 19.4 Å². The molecular weight excluding hydrogens is 270 g/mol. The highest BCUT2D eigenvalue weighted by Gasteiger charge is 2.40. The van der Waals surface area contributed by atoms with Crippen molar-refractivity contribution in [3.63, 3.8) is 0 Å². The van der Waals surface area contributed by atoms with Gasteiger partial charge in [-0.2, -0.15) is 0 Å². The summed E-state index contributed by atoms with van der Waals surface area (Å²) in [6.45, 7) is 6.32. The summed E-state index contributed by atoms with van der Waals surface area (Å²) in [5.41, 5.74) is -0.529. The van der Waals surface area contributed by atoms with Gasteiger partial charge in [0.2, 0.25) is 0 Å². The fourth-order valence-corrected chi connectivity index (χ4v) is 3.34. The molecule has 5 nitrogen and oxygen atoms in total. The maximum absolute atomic E-state index is 12.2. The Bertz CT molecular complexity index is 402. The molecule has 3 atom stereocenters. The van der Waals surface area contributed by atoms with E-state index in [9.17, 15) is 14.7 Å². The fraction of sp³-hybridized carbons (Fsp3) is 0.875. The summed E-state index contributed by atoms with van der Waals surface area (Å²) >= 11 is 0. The lowest BCUT2D eigenvalue weighted by atomic mass is 9.74. The number of Topliss-reactive ketones (excluding diaryl/α,β-unsaturated/α-hetero) is 1. The zero-order valence-corrected chi connectivity index (χ0v) is 13.3. The van der Waals surface area contributed by atoms with E-state index in [0.29, 0.717) is 19.5 Å². The van der Waals surface area contributed by atoms with E-state index in [4.69, 9.17) is 4.74 Å². The summed E-state index contributed by atoms with van der Waals surface area (Å²) in [7, 11) is 0. The maximum Gasteiger partial charge on any atom is 0.410 e. The normalized spacial score (nSPS) is 31.1. The van der Waals surface area contributed by atoms with E-state index in [2.05, 4.69) is 0 Å². The van der Waals surface area contributed by atoms with Gasteiger partial charge in [0.1, 0.15) is 11.4 Å². The number of hydrogen-bond donors (Lipinski definition) is 1. The van der Waals surface area contributed by atoms with E-state index in [0.717, 1.165) is 25.7 Å². The monoisotopic (exact) mass is 297 g/mol. The Labute approximate surface area is 126 Å². The first-order valence-corrected chi connectivity index (χ1v) is 7.96. The number of amides is 1. The molecule has 1 aliphatic heterocycles. The molecule has 1 aliphatic carbocycles. The number of carbonyl (C=O) groups excluding carboxylic acids is 2. The van der Waals surface area contributed by atoms with Crippen molar-refractivity contribution in [2.24, 2.45) is 11.8 Å². The van der Waals surface area contributed by atoms with Gasteiger partial charge in [-0.1, -0.05) is 12.8 Å². The summed E-state index contributed by atoms with van der Waals surface area (Å²) in [4.78, 5) is 26.0. The molecule has 3 unspecified atom stereocenters. The molecule has 2 fully saturated rings. The Balaban J connectivity index is 2.02. The highest BCUT2D eigenvalue weighted by atomic mass is 16.6. The second-order valence-corrected chi connectivity index (χ2v) is 7.26. The Hall–Kier alpha value is -1.10. The predicted octanol–water partition coefficient (Wildman–Crippen LogP) is 2.36. The molecule has 2 rings (SSSR count). The van der Waals surface area contributed by atoms with E-state index in [1.807, 2.05) is 20.8 Å². The molecule has 0 aromatic heterocycles. The Morgan fingerprint density at radius 3 is 2.57 bits per heavy atom. The number of aliphatic hydroxyl groups is 1. The molecule has 2 aliphatic rings. The van der Waals surface area contributed by atoms with Crippen LogP contribution in [0.25, 0.3) is 0 Å². The van der Waals surface area contributed by atoms with Crippen molar-refractivity contribution in [3.05, 3.63) is 0 Å². The van der Waals surface area contributed by atoms with Crippen LogP contribution in [0.3, 0.4) is 0 Å². The first kappa shape index (κ1) is 16.3. The lowest BCUT2D eigenvalue weighted by Crippen LogP contribution is -2.50. The highest BCUT2D eigenvalue weighted by Crippen LogP contribution is 2.34. The average molecular weight is 297 g/mol. The molecule has 0 bridgehead atoms. The van der Waals surface area contributed by atoms with Gasteiger partial charge < -0.3 is 14.7 Å². The molecule has 1 saturated carbocycles. The van der Waals surface area contributed by atoms with Crippen LogP contribution in [0.15, 0.2) is 0 Å². The van der Waals surface area contributed by atoms with E-state index in [1.165, 1.54) is 0 Å². The molecule has 1 heterocycles. The first-order chi connectivity index (χ1) is 9.78. The van der Waals surface area contributed by atoms with Gasteiger partial charge in [0, 0.05) is 25.4 Å². The fourth-order valence-electron chi connectivity index (χ4n) is 3.34. The van der Waals surface area contributed by atoms with E-state index < -0.39 is 11.7 Å². The van der Waals surface area contributed by atoms with Crippen LogP contribution < -0.4 is 0 Å². The minimum atomic E-state index is -0.529. The second kappa shape index (κ2) is 6.34. The van der Waals surface area contributed by atoms with Crippen LogP contribution in [-0.2, 0) is 9.53 Å². The summed E-state index contributed by atoms with van der Waals surface area (Å²) in [5, 5.41) is 10.2. The van der Waals surface area contributed by atoms with Crippen molar-refractivity contribution >= 4 is 11.9 Å². The summed E-state index contributed by atoms with van der Waals surface area (Å²) in [6.07, 6.45) is 3.32. The average Bonchev–Trinajstić information content (AvgIpc) is 2.38. The minimum Gasteiger partial charge on any atom is -0.444 e. The van der Waals surface area contributed by atoms with Gasteiger partial charge in [-0.25, -0.2) is 4.79 Å². The second-order valence-electron chi connectivity index (χ2n) is 7.26. The molecular formula is C16H27NO4. The Morgan fingerprint density at radius 2 is 1.95 bits per heavy atom. The maximum atomic E-state index is 12.2. The van der Waals surface area contributed by atoms with Crippen molar-refractivity contribution in [2.75, 3.05) is 13.1 Å². The molecule has 1 amide bonds. The summed E-state index contributed by atoms with van der Waals surface area (Å²) in [5.74, 6) is -0.0567. The third-order valence-electron chi connectivity index (χ3n) is 4.41. The van der Waals surface area contributed by atoms with Gasteiger partial charge in [-0.3, -0.25) is 4.79 Å². The van der Waals surface area contributed by atoms with Crippen LogP contribution in [0.1, 0.15) is 52.9 Å². The molecule has 0 spiro atoms. The molecule has 5 heteroatoms. The van der Waals surface area contributed by atoms with E-state index in [1.54, 1.807) is 4.90 Å². The molecule has 120 valence electrons. The third kappa shape index (κ3) is 4.19. The Kier molecular flexibility index (Phi) is 4.91. The van der Waals surface area contributed by atoms with Crippen molar-refractivity contribution in [2.45, 2.75) is 64.6 Å². The Morgan fingerprint density at radius 1 is 1.29 bits per heavy atom. The predicted molar refractivity (Wildman–Crippen MR) is 78.9 cm³/mol. The van der Waals surface area contributed by atoms with Gasteiger partial charge in [0.25, 0.3) is 0 Å².